The number of ketones is 1. The van der Waals surface area contributed by atoms with Crippen LogP contribution in [0.15, 0.2) is 114 Å². The monoisotopic (exact) mass is 1940 g/mol. The van der Waals surface area contributed by atoms with Gasteiger partial charge in [0.15, 0.2) is 15.6 Å². The minimum Gasteiger partial charge on any atom is -0.371 e. The predicted octanol–water partition coefficient (Wildman–Crippen LogP) is 20.7. The van der Waals surface area contributed by atoms with Gasteiger partial charge < -0.3 is 74.7 Å². The lowest BCUT2D eigenvalue weighted by atomic mass is 9.93. The SMILES string of the molecule is CC(=O)Nc1cc(C(C)C)ccc1N1CCC(N(C)C)CC1.CC(C)c1ccc(N2CCC(N(C)C)CC2)c(C(=O)C2CC2)c1.CC(C)c1ccc(N2CCC(N(C)C)CC2)c(NS(C)(=O)=O)c1.CC(C)c1ccc(N2CCC(N(C)C)CC2)c(S(C)(=O)=O)c1.CC1CCN(C(=O)c2cc(C(C)C)ccc2N2CCC(N(C)C)CC2)C1.CCC1CCN(c2ccc(C(C)C)cc2NC(=O)NC)CC1. The van der Waals surface area contributed by atoms with E-state index >= 15 is 0 Å². The Morgan fingerprint density at radius 3 is 0.957 bits per heavy atom. The van der Waals surface area contributed by atoms with Gasteiger partial charge in [-0.1, -0.05) is 140 Å². The van der Waals surface area contributed by atoms with Crippen molar-refractivity contribution in [3.63, 3.8) is 0 Å². The number of Topliss-reactive ketones (excluding diaryl/α,β-unsaturated/α-hetero) is 1. The number of carbonyl (C=O) groups excluding carboxylic acids is 4. The molecule has 1 unspecified atom stereocenters. The summed E-state index contributed by atoms with van der Waals surface area (Å²) < 4.78 is 50.6. The Morgan fingerprint density at radius 1 is 0.362 bits per heavy atom. The molecule has 1 aliphatic carbocycles. The maximum absolute atomic E-state index is 13.3. The molecule has 6 aromatic rings. The number of hydrogen-bond acceptors (Lipinski definition) is 19. The molecular weight excluding hydrogens is 1760 g/mol. The van der Waals surface area contributed by atoms with Gasteiger partial charge in [-0.15, -0.1) is 0 Å². The number of carbonyl (C=O) groups is 4. The highest BCUT2D eigenvalue weighted by Crippen LogP contribution is 2.42. The molecule has 7 saturated heterocycles. The van der Waals surface area contributed by atoms with E-state index in [1.165, 1.54) is 85.4 Å². The highest BCUT2D eigenvalue weighted by atomic mass is 32.2. The van der Waals surface area contributed by atoms with Gasteiger partial charge in [-0.3, -0.25) is 19.1 Å². The van der Waals surface area contributed by atoms with Gasteiger partial charge in [-0.25, -0.2) is 21.6 Å². The van der Waals surface area contributed by atoms with Crippen LogP contribution in [0.3, 0.4) is 0 Å². The number of urea groups is 1. The van der Waals surface area contributed by atoms with Crippen molar-refractivity contribution in [2.75, 3.05) is 226 Å². The van der Waals surface area contributed by atoms with Gasteiger partial charge in [-0.2, -0.15) is 0 Å². The standard InChI is InChI=1S/C22H35N3O.C20H30N2O.2C18H29N3O.C17H29N3O2S.C17H28N2O2S/c1-16(2)18-6-7-21(24-12-9-19(10-13-24)23(4)5)20(14-18)22(26)25-11-8-17(3)15-25;1-14(2)16-7-8-19(18(13-16)20(23)15-5-6-15)22-11-9-17(10-12-22)21(3)4;1-13(2)15-6-7-18(17(12-15)19-14(3)22)21-10-8-16(9-11-21)20(4)5;1-5-14-8-10-21(11-9-14)17-7-6-15(13(2)3)12-16(17)20-18(22)19-4;1-13(2)14-6-7-17(16(12-14)18-23(5,21)22)20-10-8-15(9-11-20)19(3)4;1-13(2)14-6-7-16(17(12-14)22(5,20)21)19-10-8-15(9-11-19)18(3)4/h6-7,14,16-17,19H,8-13,15H2,1-5H3;7-8,13-15,17H,5-6,9-12H2,1-4H3;6-7,12-13,16H,8-11H2,1-5H3,(H,19,22);6-7,12-14H,5,8-11H2,1-4H3,(H2,19,20,22);6-7,12-13,15,18H,8-11H2,1-5H3;6-7,12-13,15H,8-11H2,1-5H3. The molecule has 7 aliphatic heterocycles. The third kappa shape index (κ3) is 33.0. The summed E-state index contributed by atoms with van der Waals surface area (Å²) in [6.07, 6.45) is 20.9. The molecule has 6 aromatic carbocycles. The summed E-state index contributed by atoms with van der Waals surface area (Å²) in [4.78, 5) is 77.6. The van der Waals surface area contributed by atoms with E-state index in [2.05, 4.69) is 338 Å². The van der Waals surface area contributed by atoms with Crippen LogP contribution in [0.25, 0.3) is 0 Å². The molecule has 138 heavy (non-hydrogen) atoms. The second-order valence-electron chi connectivity index (χ2n) is 43.6. The highest BCUT2D eigenvalue weighted by Gasteiger charge is 2.36. The summed E-state index contributed by atoms with van der Waals surface area (Å²) in [5.41, 5.74) is 18.2. The number of nitrogens with one attached hydrogen (secondary N) is 4. The lowest BCUT2D eigenvalue weighted by molar-refractivity contribution is -0.114. The summed E-state index contributed by atoms with van der Waals surface area (Å²) in [6.45, 7) is 45.9. The number of piperidine rings is 6. The minimum absolute atomic E-state index is 0.00895. The van der Waals surface area contributed by atoms with E-state index in [1.54, 1.807) is 14.0 Å². The van der Waals surface area contributed by atoms with Crippen molar-refractivity contribution in [3.8, 4) is 0 Å². The first-order chi connectivity index (χ1) is 65.1. The molecule has 0 bridgehead atoms. The molecule has 1 saturated carbocycles. The number of amides is 4. The fraction of sp³-hybridized carbons (Fsp3) is 0.643. The maximum Gasteiger partial charge on any atom is 0.319 e. The van der Waals surface area contributed by atoms with Crippen LogP contribution in [-0.2, 0) is 24.7 Å². The van der Waals surface area contributed by atoms with Gasteiger partial charge >= 0.3 is 6.03 Å². The van der Waals surface area contributed by atoms with Crippen LogP contribution < -0.4 is 50.1 Å². The number of benzene rings is 6. The van der Waals surface area contributed by atoms with Gasteiger partial charge in [0.1, 0.15) is 0 Å². The van der Waals surface area contributed by atoms with Gasteiger partial charge in [0, 0.05) is 165 Å². The second kappa shape index (κ2) is 52.5. The van der Waals surface area contributed by atoms with Crippen LogP contribution in [0, 0.1) is 17.8 Å². The molecule has 768 valence electrons. The van der Waals surface area contributed by atoms with Crippen molar-refractivity contribution < 1.29 is 36.0 Å². The largest absolute Gasteiger partial charge is 0.371 e. The van der Waals surface area contributed by atoms with Crippen LogP contribution in [-0.4, -0.2) is 282 Å². The quantitative estimate of drug-likeness (QED) is 0.0371. The number of rotatable bonds is 26. The first-order valence-electron chi connectivity index (χ1n) is 52.1. The Kier molecular flexibility index (Phi) is 43.0. The van der Waals surface area contributed by atoms with E-state index in [-0.39, 0.29) is 23.8 Å². The van der Waals surface area contributed by atoms with E-state index < -0.39 is 19.9 Å². The van der Waals surface area contributed by atoms with Crippen LogP contribution in [0.2, 0.25) is 0 Å². The predicted molar refractivity (Wildman–Crippen MR) is 584 cm³/mol. The van der Waals surface area contributed by atoms with Gasteiger partial charge in [-0.05, 0) is 320 Å². The van der Waals surface area contributed by atoms with Crippen LogP contribution in [0.1, 0.15) is 296 Å². The lowest BCUT2D eigenvalue weighted by Crippen LogP contribution is -2.42. The zero-order chi connectivity index (χ0) is 101. The van der Waals surface area contributed by atoms with E-state index in [0.29, 0.717) is 88.0 Å². The van der Waals surface area contributed by atoms with Crippen LogP contribution in [0.5, 0.6) is 0 Å². The number of likely N-dealkylation sites (tertiary alicyclic amines) is 1. The zero-order valence-corrected chi connectivity index (χ0v) is 91.8. The Morgan fingerprint density at radius 2 is 0.652 bits per heavy atom. The fourth-order valence-electron chi connectivity index (χ4n) is 20.2. The number of sulfone groups is 1. The molecule has 14 rings (SSSR count). The van der Waals surface area contributed by atoms with Crippen molar-refractivity contribution in [3.05, 3.63) is 154 Å². The minimum atomic E-state index is -3.29. The van der Waals surface area contributed by atoms with E-state index in [4.69, 9.17) is 0 Å². The first-order valence-corrected chi connectivity index (χ1v) is 55.8. The molecule has 1 atom stereocenters. The molecule has 0 spiro atoms. The van der Waals surface area contributed by atoms with E-state index in [1.807, 2.05) is 18.2 Å². The molecule has 7 heterocycles. The maximum atomic E-state index is 13.3. The number of sulfonamides is 1. The Balaban J connectivity index is 0.000000186. The van der Waals surface area contributed by atoms with Crippen molar-refractivity contribution in [2.45, 2.75) is 277 Å². The van der Waals surface area contributed by atoms with Crippen molar-refractivity contribution >= 4 is 94.7 Å². The molecule has 0 radical (unpaired) electrons. The Labute approximate surface area is 835 Å². The molecule has 24 nitrogen and oxygen atoms in total. The second-order valence-corrected chi connectivity index (χ2v) is 47.3. The fourth-order valence-corrected chi connectivity index (χ4v) is 21.7. The third-order valence-electron chi connectivity index (χ3n) is 29.9. The van der Waals surface area contributed by atoms with Crippen LogP contribution in [0.4, 0.5) is 56.0 Å². The summed E-state index contributed by atoms with van der Waals surface area (Å²) in [6, 6.07) is 41.1. The molecule has 8 aliphatic rings. The van der Waals surface area contributed by atoms with Gasteiger partial charge in [0.2, 0.25) is 15.9 Å². The molecule has 0 aromatic heterocycles. The van der Waals surface area contributed by atoms with E-state index in [0.717, 1.165) is 217 Å². The molecule has 26 heteroatoms. The molecule has 4 amide bonds. The topological polar surface area (TPSA) is 224 Å². The van der Waals surface area contributed by atoms with Crippen molar-refractivity contribution in [2.24, 2.45) is 17.8 Å². The summed E-state index contributed by atoms with van der Waals surface area (Å²) in [5.74, 6) is 4.85. The number of anilines is 9. The average Bonchev–Trinajstić information content (AvgIpc) is 1.32. The zero-order valence-electron chi connectivity index (χ0n) is 90.1. The van der Waals surface area contributed by atoms with Gasteiger partial charge in [0.05, 0.1) is 56.5 Å². The normalized spacial score (nSPS) is 18.2. The smallest absolute Gasteiger partial charge is 0.319 e. The van der Waals surface area contributed by atoms with Gasteiger partial charge in [0.25, 0.3) is 5.91 Å². The Hall–Kier alpha value is -8.50. The van der Waals surface area contributed by atoms with Crippen LogP contribution >= 0.6 is 0 Å². The summed E-state index contributed by atoms with van der Waals surface area (Å²) >= 11 is 0. The molecular formula is C112H180N16O8S2. The number of hydrogen-bond donors (Lipinski definition) is 4. The average molecular weight is 1940 g/mol. The lowest BCUT2D eigenvalue weighted by Gasteiger charge is -2.37. The van der Waals surface area contributed by atoms with Crippen molar-refractivity contribution in [1.29, 1.82) is 0 Å². The Bertz CT molecular complexity index is 5100. The first kappa shape index (κ1) is 113. The number of nitrogens with zero attached hydrogens (tertiary/aromatic N) is 12. The summed E-state index contributed by atoms with van der Waals surface area (Å²) in [7, 11) is 16.6. The third-order valence-corrected chi connectivity index (χ3v) is 31.6. The van der Waals surface area contributed by atoms with E-state index in [9.17, 15) is 36.0 Å². The van der Waals surface area contributed by atoms with Crippen molar-refractivity contribution in [1.82, 2.24) is 34.7 Å². The molecule has 8 fully saturated rings. The highest BCUT2D eigenvalue weighted by molar-refractivity contribution is 7.92. The molecule has 4 N–H and O–H groups in total. The summed E-state index contributed by atoms with van der Waals surface area (Å²) in [5, 5.41) is 8.64.